The molecule has 1 heteroatoms. The van der Waals surface area contributed by atoms with Gasteiger partial charge in [0.25, 0.3) is 0 Å². The van der Waals surface area contributed by atoms with Gasteiger partial charge in [0.2, 0.25) is 0 Å². The molecule has 15 heavy (non-hydrogen) atoms. The van der Waals surface area contributed by atoms with Gasteiger partial charge >= 0.3 is 0 Å². The predicted octanol–water partition coefficient (Wildman–Crippen LogP) is 3.90. The molecule has 0 heterocycles. The minimum Gasteiger partial charge on any atom is -0.457 e. The summed E-state index contributed by atoms with van der Waals surface area (Å²) in [5.41, 5.74) is 2.43. The highest BCUT2D eigenvalue weighted by Gasteiger charge is 2.02. The SMILES string of the molecule is Cc1cccc(Oc2cc[c]cc2)c1C. The molecule has 0 aliphatic rings. The van der Waals surface area contributed by atoms with E-state index in [9.17, 15) is 0 Å². The zero-order chi connectivity index (χ0) is 10.7. The van der Waals surface area contributed by atoms with Crippen molar-refractivity contribution in [3.8, 4) is 11.5 Å². The van der Waals surface area contributed by atoms with Crippen molar-refractivity contribution in [2.24, 2.45) is 0 Å². The van der Waals surface area contributed by atoms with Crippen LogP contribution in [0.5, 0.6) is 11.5 Å². The second-order valence-electron chi connectivity index (χ2n) is 3.54. The van der Waals surface area contributed by atoms with Crippen molar-refractivity contribution in [1.29, 1.82) is 0 Å². The van der Waals surface area contributed by atoms with Gasteiger partial charge in [-0.3, -0.25) is 0 Å². The lowest BCUT2D eigenvalue weighted by molar-refractivity contribution is 0.478. The van der Waals surface area contributed by atoms with Crippen molar-refractivity contribution in [3.05, 3.63) is 59.7 Å². The van der Waals surface area contributed by atoms with Crippen LogP contribution >= 0.6 is 0 Å². The van der Waals surface area contributed by atoms with Gasteiger partial charge in [0.1, 0.15) is 11.5 Å². The van der Waals surface area contributed by atoms with Crippen molar-refractivity contribution in [3.63, 3.8) is 0 Å². The molecule has 0 saturated heterocycles. The van der Waals surface area contributed by atoms with Crippen LogP contribution in [0.15, 0.2) is 42.5 Å². The Morgan fingerprint density at radius 2 is 1.73 bits per heavy atom. The fourth-order valence-corrected chi connectivity index (χ4v) is 1.40. The van der Waals surface area contributed by atoms with E-state index in [1.54, 1.807) is 0 Å². The first-order valence-corrected chi connectivity index (χ1v) is 4.97. The van der Waals surface area contributed by atoms with Gasteiger partial charge in [-0.25, -0.2) is 0 Å². The quantitative estimate of drug-likeness (QED) is 0.709. The van der Waals surface area contributed by atoms with E-state index in [2.05, 4.69) is 26.0 Å². The summed E-state index contributed by atoms with van der Waals surface area (Å²) in [5.74, 6) is 1.77. The predicted molar refractivity (Wildman–Crippen MR) is 61.3 cm³/mol. The Labute approximate surface area is 90.3 Å². The van der Waals surface area contributed by atoms with E-state index >= 15 is 0 Å². The zero-order valence-electron chi connectivity index (χ0n) is 8.95. The first kappa shape index (κ1) is 9.78. The van der Waals surface area contributed by atoms with Crippen LogP contribution in [0.25, 0.3) is 0 Å². The maximum atomic E-state index is 5.77. The van der Waals surface area contributed by atoms with E-state index in [1.807, 2.05) is 36.4 Å². The molecule has 0 atom stereocenters. The van der Waals surface area contributed by atoms with Gasteiger partial charge in [0, 0.05) is 0 Å². The van der Waals surface area contributed by atoms with Crippen LogP contribution in [0, 0.1) is 19.9 Å². The number of hydrogen-bond donors (Lipinski definition) is 0. The first-order chi connectivity index (χ1) is 7.27. The van der Waals surface area contributed by atoms with E-state index < -0.39 is 0 Å². The van der Waals surface area contributed by atoms with Gasteiger partial charge in [-0.1, -0.05) is 24.3 Å². The minimum atomic E-state index is 0.849. The Balaban J connectivity index is 2.29. The molecule has 0 saturated carbocycles. The van der Waals surface area contributed by atoms with Crippen LogP contribution < -0.4 is 4.74 Å². The monoisotopic (exact) mass is 197 g/mol. The van der Waals surface area contributed by atoms with Crippen LogP contribution in [-0.2, 0) is 0 Å². The van der Waals surface area contributed by atoms with Gasteiger partial charge in [0.05, 0.1) is 0 Å². The molecule has 0 fully saturated rings. The number of hydrogen-bond acceptors (Lipinski definition) is 1. The molecular weight excluding hydrogens is 184 g/mol. The van der Waals surface area contributed by atoms with E-state index in [1.165, 1.54) is 11.1 Å². The summed E-state index contributed by atoms with van der Waals surface area (Å²) in [6.45, 7) is 4.15. The molecule has 0 spiro atoms. The van der Waals surface area contributed by atoms with Gasteiger partial charge in [-0.15, -0.1) is 0 Å². The normalized spacial score (nSPS) is 10.0. The molecule has 0 N–H and O–H groups in total. The molecule has 0 unspecified atom stereocenters. The molecule has 0 aromatic heterocycles. The van der Waals surface area contributed by atoms with E-state index in [0.29, 0.717) is 0 Å². The summed E-state index contributed by atoms with van der Waals surface area (Å²) in [5, 5.41) is 0. The smallest absolute Gasteiger partial charge is 0.130 e. The molecule has 0 amide bonds. The maximum Gasteiger partial charge on any atom is 0.130 e. The largest absolute Gasteiger partial charge is 0.457 e. The highest BCUT2D eigenvalue weighted by atomic mass is 16.5. The summed E-state index contributed by atoms with van der Waals surface area (Å²) in [4.78, 5) is 0. The van der Waals surface area contributed by atoms with Crippen LogP contribution in [-0.4, -0.2) is 0 Å². The number of aryl methyl sites for hydroxylation is 1. The standard InChI is InChI=1S/C14H13O/c1-11-7-6-10-14(12(11)2)15-13-8-4-3-5-9-13/h4-10H,1-2H3. The third-order valence-electron chi connectivity index (χ3n) is 2.47. The number of rotatable bonds is 2. The Morgan fingerprint density at radius 1 is 1.00 bits per heavy atom. The fourth-order valence-electron chi connectivity index (χ4n) is 1.40. The van der Waals surface area contributed by atoms with Gasteiger partial charge in [0.15, 0.2) is 0 Å². The van der Waals surface area contributed by atoms with E-state index in [0.717, 1.165) is 11.5 Å². The third kappa shape index (κ3) is 2.18. The van der Waals surface area contributed by atoms with Crippen molar-refractivity contribution < 1.29 is 4.74 Å². The molecule has 75 valence electrons. The molecular formula is C14H13O. The molecule has 1 radical (unpaired) electrons. The molecule has 0 aliphatic carbocycles. The Morgan fingerprint density at radius 3 is 2.47 bits per heavy atom. The second-order valence-corrected chi connectivity index (χ2v) is 3.54. The highest BCUT2D eigenvalue weighted by molar-refractivity contribution is 5.41. The summed E-state index contributed by atoms with van der Waals surface area (Å²) >= 11 is 0. The maximum absolute atomic E-state index is 5.77. The van der Waals surface area contributed by atoms with Crippen LogP contribution in [0.1, 0.15) is 11.1 Å². The van der Waals surface area contributed by atoms with Gasteiger partial charge in [-0.2, -0.15) is 0 Å². The highest BCUT2D eigenvalue weighted by Crippen LogP contribution is 2.26. The van der Waals surface area contributed by atoms with Gasteiger partial charge < -0.3 is 4.74 Å². The summed E-state index contributed by atoms with van der Waals surface area (Å²) < 4.78 is 5.77. The van der Waals surface area contributed by atoms with E-state index in [4.69, 9.17) is 4.74 Å². The molecule has 0 bridgehead atoms. The lowest BCUT2D eigenvalue weighted by atomic mass is 10.1. The van der Waals surface area contributed by atoms with Crippen molar-refractivity contribution in [2.75, 3.05) is 0 Å². The molecule has 0 aliphatic heterocycles. The first-order valence-electron chi connectivity index (χ1n) is 4.97. The van der Waals surface area contributed by atoms with Crippen molar-refractivity contribution in [2.45, 2.75) is 13.8 Å². The van der Waals surface area contributed by atoms with Crippen molar-refractivity contribution in [1.82, 2.24) is 0 Å². The van der Waals surface area contributed by atoms with Gasteiger partial charge in [-0.05, 0) is 49.2 Å². The average molecular weight is 197 g/mol. The third-order valence-corrected chi connectivity index (χ3v) is 2.47. The topological polar surface area (TPSA) is 9.23 Å². The summed E-state index contributed by atoms with van der Waals surface area (Å²) in [7, 11) is 0. The molecule has 2 aromatic rings. The van der Waals surface area contributed by atoms with E-state index in [-0.39, 0.29) is 0 Å². The van der Waals surface area contributed by atoms with Crippen molar-refractivity contribution >= 4 is 0 Å². The van der Waals surface area contributed by atoms with Crippen LogP contribution in [0.3, 0.4) is 0 Å². The minimum absolute atomic E-state index is 0.849. The Hall–Kier alpha value is -1.76. The summed E-state index contributed by atoms with van der Waals surface area (Å²) in [6, 6.07) is 16.5. The van der Waals surface area contributed by atoms with Crippen LogP contribution in [0.4, 0.5) is 0 Å². The average Bonchev–Trinajstić information content (AvgIpc) is 2.26. The molecule has 2 rings (SSSR count). The molecule has 1 nitrogen and oxygen atoms in total. The Kier molecular flexibility index (Phi) is 2.72. The number of benzene rings is 2. The second kappa shape index (κ2) is 4.18. The lowest BCUT2D eigenvalue weighted by Gasteiger charge is -2.09. The lowest BCUT2D eigenvalue weighted by Crippen LogP contribution is -1.89. The molecule has 2 aromatic carbocycles. The Bertz CT molecular complexity index is 446. The number of ether oxygens (including phenoxy) is 1. The summed E-state index contributed by atoms with van der Waals surface area (Å²) in [6.07, 6.45) is 0. The fraction of sp³-hybridized carbons (Fsp3) is 0.143. The van der Waals surface area contributed by atoms with Crippen LogP contribution in [0.2, 0.25) is 0 Å². The zero-order valence-corrected chi connectivity index (χ0v) is 8.95.